The van der Waals surface area contributed by atoms with E-state index in [4.69, 9.17) is 4.74 Å². The molecule has 0 bridgehead atoms. The van der Waals surface area contributed by atoms with E-state index in [2.05, 4.69) is 41.5 Å². The molecular formula is C16H20N2O. The first-order valence-electron chi connectivity index (χ1n) is 6.74. The van der Waals surface area contributed by atoms with Crippen molar-refractivity contribution in [3.63, 3.8) is 0 Å². The molecule has 0 aliphatic heterocycles. The van der Waals surface area contributed by atoms with Gasteiger partial charge in [-0.05, 0) is 25.0 Å². The summed E-state index contributed by atoms with van der Waals surface area (Å²) >= 11 is 0. The van der Waals surface area contributed by atoms with Gasteiger partial charge in [-0.2, -0.15) is 4.98 Å². The van der Waals surface area contributed by atoms with Gasteiger partial charge in [0.05, 0.1) is 12.6 Å². The molecule has 1 N–H and O–H groups in total. The van der Waals surface area contributed by atoms with Gasteiger partial charge in [-0.15, -0.1) is 0 Å². The molecule has 0 aliphatic carbocycles. The van der Waals surface area contributed by atoms with Crippen molar-refractivity contribution in [2.75, 3.05) is 11.9 Å². The number of hydrogen-bond acceptors (Lipinski definition) is 3. The van der Waals surface area contributed by atoms with Crippen LogP contribution in [0.1, 0.15) is 31.9 Å². The van der Waals surface area contributed by atoms with E-state index < -0.39 is 0 Å². The van der Waals surface area contributed by atoms with Crippen LogP contribution in [-0.2, 0) is 0 Å². The lowest BCUT2D eigenvalue weighted by Crippen LogP contribution is -2.11. The van der Waals surface area contributed by atoms with Crippen LogP contribution in [0, 0.1) is 0 Å². The average Bonchev–Trinajstić information content (AvgIpc) is 2.46. The largest absolute Gasteiger partial charge is 0.478 e. The molecule has 1 atom stereocenters. The van der Waals surface area contributed by atoms with E-state index in [1.54, 1.807) is 0 Å². The van der Waals surface area contributed by atoms with Crippen molar-refractivity contribution >= 4 is 5.82 Å². The molecule has 1 aromatic carbocycles. The Morgan fingerprint density at radius 2 is 1.84 bits per heavy atom. The zero-order valence-corrected chi connectivity index (χ0v) is 11.5. The SMILES string of the molecule is CCOc1cccc(NC(CC)c2ccccc2)n1. The first kappa shape index (κ1) is 13.4. The van der Waals surface area contributed by atoms with Gasteiger partial charge >= 0.3 is 0 Å². The highest BCUT2D eigenvalue weighted by Gasteiger charge is 2.09. The Morgan fingerprint density at radius 3 is 2.53 bits per heavy atom. The summed E-state index contributed by atoms with van der Waals surface area (Å²) < 4.78 is 5.42. The quantitative estimate of drug-likeness (QED) is 0.846. The number of aromatic nitrogens is 1. The van der Waals surface area contributed by atoms with Crippen LogP contribution in [0.25, 0.3) is 0 Å². The topological polar surface area (TPSA) is 34.1 Å². The number of nitrogens with one attached hydrogen (secondary N) is 1. The fraction of sp³-hybridized carbons (Fsp3) is 0.312. The minimum atomic E-state index is 0.269. The summed E-state index contributed by atoms with van der Waals surface area (Å²) in [6.07, 6.45) is 1.00. The van der Waals surface area contributed by atoms with E-state index >= 15 is 0 Å². The van der Waals surface area contributed by atoms with Crippen molar-refractivity contribution < 1.29 is 4.74 Å². The van der Waals surface area contributed by atoms with Gasteiger partial charge < -0.3 is 10.1 Å². The summed E-state index contributed by atoms with van der Waals surface area (Å²) in [5.74, 6) is 1.51. The molecule has 19 heavy (non-hydrogen) atoms. The van der Waals surface area contributed by atoms with E-state index in [1.165, 1.54) is 5.56 Å². The van der Waals surface area contributed by atoms with Crippen molar-refractivity contribution in [3.8, 4) is 5.88 Å². The lowest BCUT2D eigenvalue weighted by atomic mass is 10.0. The zero-order chi connectivity index (χ0) is 13.5. The van der Waals surface area contributed by atoms with Gasteiger partial charge in [0.1, 0.15) is 5.82 Å². The Kier molecular flexibility index (Phi) is 4.78. The van der Waals surface area contributed by atoms with Gasteiger partial charge in [0.15, 0.2) is 0 Å². The summed E-state index contributed by atoms with van der Waals surface area (Å²) in [4.78, 5) is 4.44. The van der Waals surface area contributed by atoms with Crippen molar-refractivity contribution in [3.05, 3.63) is 54.1 Å². The summed E-state index contributed by atoms with van der Waals surface area (Å²) in [6.45, 7) is 4.75. The van der Waals surface area contributed by atoms with Crippen LogP contribution in [0.5, 0.6) is 5.88 Å². The Bertz CT molecular complexity index is 499. The van der Waals surface area contributed by atoms with Gasteiger partial charge in [0.25, 0.3) is 0 Å². The molecule has 1 heterocycles. The Labute approximate surface area is 114 Å². The molecule has 2 rings (SSSR count). The number of ether oxygens (including phenoxy) is 1. The second-order valence-corrected chi connectivity index (χ2v) is 4.31. The summed E-state index contributed by atoms with van der Waals surface area (Å²) in [6, 6.07) is 16.5. The lowest BCUT2D eigenvalue weighted by Gasteiger charge is -2.18. The second-order valence-electron chi connectivity index (χ2n) is 4.31. The third kappa shape index (κ3) is 3.71. The number of pyridine rings is 1. The average molecular weight is 256 g/mol. The van der Waals surface area contributed by atoms with Crippen LogP contribution in [-0.4, -0.2) is 11.6 Å². The van der Waals surface area contributed by atoms with E-state index in [0.29, 0.717) is 12.5 Å². The first-order chi connectivity index (χ1) is 9.33. The van der Waals surface area contributed by atoms with Crippen LogP contribution in [0.15, 0.2) is 48.5 Å². The normalized spacial score (nSPS) is 11.9. The molecule has 1 aromatic heterocycles. The fourth-order valence-electron chi connectivity index (χ4n) is 2.01. The van der Waals surface area contributed by atoms with Gasteiger partial charge in [-0.3, -0.25) is 0 Å². The molecule has 0 saturated heterocycles. The van der Waals surface area contributed by atoms with Gasteiger partial charge in [-0.25, -0.2) is 0 Å². The third-order valence-corrected chi connectivity index (χ3v) is 2.95. The molecule has 0 radical (unpaired) electrons. The number of nitrogens with zero attached hydrogens (tertiary/aromatic N) is 1. The smallest absolute Gasteiger partial charge is 0.215 e. The summed E-state index contributed by atoms with van der Waals surface area (Å²) in [5, 5.41) is 3.45. The maximum Gasteiger partial charge on any atom is 0.215 e. The molecule has 0 fully saturated rings. The lowest BCUT2D eigenvalue weighted by molar-refractivity contribution is 0.327. The molecule has 0 aliphatic rings. The highest BCUT2D eigenvalue weighted by Crippen LogP contribution is 2.22. The number of hydrogen-bond donors (Lipinski definition) is 1. The fourth-order valence-corrected chi connectivity index (χ4v) is 2.01. The maximum absolute atomic E-state index is 5.42. The van der Waals surface area contributed by atoms with Crippen molar-refractivity contribution in [2.24, 2.45) is 0 Å². The van der Waals surface area contributed by atoms with Crippen LogP contribution in [0.4, 0.5) is 5.82 Å². The molecule has 0 spiro atoms. The Morgan fingerprint density at radius 1 is 1.05 bits per heavy atom. The van der Waals surface area contributed by atoms with Crippen molar-refractivity contribution in [1.82, 2.24) is 4.98 Å². The Hall–Kier alpha value is -2.03. The van der Waals surface area contributed by atoms with E-state index in [-0.39, 0.29) is 6.04 Å². The van der Waals surface area contributed by atoms with Crippen molar-refractivity contribution in [1.29, 1.82) is 0 Å². The minimum absolute atomic E-state index is 0.269. The molecule has 100 valence electrons. The third-order valence-electron chi connectivity index (χ3n) is 2.95. The Balaban J connectivity index is 2.12. The highest BCUT2D eigenvalue weighted by atomic mass is 16.5. The van der Waals surface area contributed by atoms with Gasteiger partial charge in [0.2, 0.25) is 5.88 Å². The predicted octanol–water partition coefficient (Wildman–Crippen LogP) is 4.04. The maximum atomic E-state index is 5.42. The van der Waals surface area contributed by atoms with Crippen LogP contribution >= 0.6 is 0 Å². The van der Waals surface area contributed by atoms with Crippen LogP contribution in [0.3, 0.4) is 0 Å². The second kappa shape index (κ2) is 6.78. The van der Waals surface area contributed by atoms with E-state index in [9.17, 15) is 0 Å². The van der Waals surface area contributed by atoms with Crippen molar-refractivity contribution in [2.45, 2.75) is 26.3 Å². The summed E-state index contributed by atoms with van der Waals surface area (Å²) in [7, 11) is 0. The standard InChI is InChI=1S/C16H20N2O/c1-3-14(13-9-6-5-7-10-13)17-15-11-8-12-16(18-15)19-4-2/h5-12,14H,3-4H2,1-2H3,(H,17,18). The van der Waals surface area contributed by atoms with E-state index in [1.807, 2.05) is 31.2 Å². The molecule has 0 amide bonds. The molecule has 3 heteroatoms. The first-order valence-corrected chi connectivity index (χ1v) is 6.74. The zero-order valence-electron chi connectivity index (χ0n) is 11.5. The summed E-state index contributed by atoms with van der Waals surface area (Å²) in [5.41, 5.74) is 1.27. The number of benzene rings is 1. The molecule has 1 unspecified atom stereocenters. The molecule has 3 nitrogen and oxygen atoms in total. The van der Waals surface area contributed by atoms with Gasteiger partial charge in [-0.1, -0.05) is 43.3 Å². The van der Waals surface area contributed by atoms with Gasteiger partial charge in [0, 0.05) is 6.07 Å². The van der Waals surface area contributed by atoms with Crippen LogP contribution < -0.4 is 10.1 Å². The molecular weight excluding hydrogens is 236 g/mol. The predicted molar refractivity (Wildman–Crippen MR) is 78.5 cm³/mol. The number of rotatable bonds is 6. The number of anilines is 1. The molecule has 0 saturated carbocycles. The van der Waals surface area contributed by atoms with Crippen LogP contribution in [0.2, 0.25) is 0 Å². The monoisotopic (exact) mass is 256 g/mol. The van der Waals surface area contributed by atoms with E-state index in [0.717, 1.165) is 12.2 Å². The minimum Gasteiger partial charge on any atom is -0.478 e. The highest BCUT2D eigenvalue weighted by molar-refractivity contribution is 5.40. The molecule has 2 aromatic rings.